The van der Waals surface area contributed by atoms with Gasteiger partial charge in [-0.3, -0.25) is 9.36 Å². The highest BCUT2D eigenvalue weighted by atomic mass is 16.6. The predicted octanol–water partition coefficient (Wildman–Crippen LogP) is 4.73. The zero-order valence-electron chi connectivity index (χ0n) is 15.7. The second kappa shape index (κ2) is 8.52. The number of esters is 1. The molecule has 0 aliphatic carbocycles. The summed E-state index contributed by atoms with van der Waals surface area (Å²) in [7, 11) is 0. The summed E-state index contributed by atoms with van der Waals surface area (Å²) in [5.41, 5.74) is 1.74. The van der Waals surface area contributed by atoms with Crippen molar-refractivity contribution in [3.8, 4) is 0 Å². The quantitative estimate of drug-likeness (QED) is 0.728. The minimum Gasteiger partial charge on any atom is -0.459 e. The standard InChI is InChI=1S/C21H25NO4/c1-16-13-14-18(22(16)20(24)26-21(2,3)4)15-25-19(23)12-8-11-17-9-6-5-7-10-17/h5-11,13-14H,12,15H2,1-4H3/b11-8+. The van der Waals surface area contributed by atoms with E-state index in [9.17, 15) is 9.59 Å². The van der Waals surface area contributed by atoms with Gasteiger partial charge in [0, 0.05) is 5.69 Å². The van der Waals surface area contributed by atoms with Crippen molar-refractivity contribution in [2.24, 2.45) is 0 Å². The first-order valence-electron chi connectivity index (χ1n) is 8.54. The first-order chi connectivity index (χ1) is 12.3. The molecule has 0 saturated heterocycles. The molecule has 0 atom stereocenters. The van der Waals surface area contributed by atoms with Gasteiger partial charge in [0.2, 0.25) is 0 Å². The molecule has 0 fully saturated rings. The molecule has 5 nitrogen and oxygen atoms in total. The van der Waals surface area contributed by atoms with Crippen LogP contribution in [0.2, 0.25) is 0 Å². The summed E-state index contributed by atoms with van der Waals surface area (Å²) in [4.78, 5) is 24.3. The van der Waals surface area contributed by atoms with Gasteiger partial charge in [-0.2, -0.15) is 0 Å². The number of benzene rings is 1. The Morgan fingerprint density at radius 2 is 1.77 bits per heavy atom. The van der Waals surface area contributed by atoms with Gasteiger partial charge in [0.05, 0.1) is 12.1 Å². The molecule has 1 aromatic carbocycles. The summed E-state index contributed by atoms with van der Waals surface area (Å²) < 4.78 is 12.1. The first-order valence-corrected chi connectivity index (χ1v) is 8.54. The number of nitrogens with zero attached hydrogens (tertiary/aromatic N) is 1. The lowest BCUT2D eigenvalue weighted by atomic mass is 10.2. The van der Waals surface area contributed by atoms with Crippen molar-refractivity contribution < 1.29 is 19.1 Å². The monoisotopic (exact) mass is 355 g/mol. The Kier molecular flexibility index (Phi) is 6.39. The highest BCUT2D eigenvalue weighted by Crippen LogP contribution is 2.15. The van der Waals surface area contributed by atoms with E-state index in [1.54, 1.807) is 25.1 Å². The minimum absolute atomic E-state index is 0.0189. The Bertz CT molecular complexity index is 782. The third-order valence-electron chi connectivity index (χ3n) is 3.51. The van der Waals surface area contributed by atoms with Gasteiger partial charge in [-0.1, -0.05) is 42.5 Å². The van der Waals surface area contributed by atoms with Crippen molar-refractivity contribution in [1.82, 2.24) is 4.57 Å². The fourth-order valence-corrected chi connectivity index (χ4v) is 2.34. The van der Waals surface area contributed by atoms with Gasteiger partial charge in [-0.15, -0.1) is 0 Å². The maximum Gasteiger partial charge on any atom is 0.419 e. The summed E-state index contributed by atoms with van der Waals surface area (Å²) in [6.45, 7) is 7.25. The van der Waals surface area contributed by atoms with Gasteiger partial charge in [0.25, 0.3) is 0 Å². The van der Waals surface area contributed by atoms with Crippen LogP contribution in [0.1, 0.15) is 44.1 Å². The molecule has 0 spiro atoms. The van der Waals surface area contributed by atoms with Crippen LogP contribution in [0.25, 0.3) is 6.08 Å². The number of hydrogen-bond acceptors (Lipinski definition) is 4. The average Bonchev–Trinajstić information content (AvgIpc) is 2.93. The fraction of sp³-hybridized carbons (Fsp3) is 0.333. The number of carbonyl (C=O) groups is 2. The van der Waals surface area contributed by atoms with E-state index in [1.807, 2.05) is 57.2 Å². The Labute approximate surface area is 154 Å². The van der Waals surface area contributed by atoms with Crippen molar-refractivity contribution in [3.63, 3.8) is 0 Å². The summed E-state index contributed by atoms with van der Waals surface area (Å²) in [5, 5.41) is 0. The smallest absolute Gasteiger partial charge is 0.419 e. The minimum atomic E-state index is -0.593. The topological polar surface area (TPSA) is 57.5 Å². The summed E-state index contributed by atoms with van der Waals surface area (Å²) in [6.07, 6.45) is 3.32. The van der Waals surface area contributed by atoms with E-state index in [-0.39, 0.29) is 19.0 Å². The Hall–Kier alpha value is -2.82. The van der Waals surface area contributed by atoms with Crippen LogP contribution in [-0.2, 0) is 20.9 Å². The molecule has 0 amide bonds. The van der Waals surface area contributed by atoms with E-state index < -0.39 is 11.7 Å². The molecule has 0 bridgehead atoms. The number of aromatic nitrogens is 1. The van der Waals surface area contributed by atoms with Crippen molar-refractivity contribution in [2.75, 3.05) is 0 Å². The van der Waals surface area contributed by atoms with Crippen LogP contribution in [0.4, 0.5) is 4.79 Å². The molecule has 0 aliphatic heterocycles. The third kappa shape index (κ3) is 5.92. The van der Waals surface area contributed by atoms with Gasteiger partial charge in [0.1, 0.15) is 12.2 Å². The van der Waals surface area contributed by atoms with Crippen LogP contribution in [0.5, 0.6) is 0 Å². The van der Waals surface area contributed by atoms with Gasteiger partial charge in [0.15, 0.2) is 0 Å². The Morgan fingerprint density at radius 1 is 1.08 bits per heavy atom. The van der Waals surface area contributed by atoms with Crippen LogP contribution in [0, 0.1) is 6.92 Å². The molecule has 138 valence electrons. The van der Waals surface area contributed by atoms with E-state index >= 15 is 0 Å². The molecule has 5 heteroatoms. The number of aryl methyl sites for hydroxylation is 1. The largest absolute Gasteiger partial charge is 0.459 e. The molecule has 0 radical (unpaired) electrons. The lowest BCUT2D eigenvalue weighted by Gasteiger charge is -2.21. The molecule has 0 unspecified atom stereocenters. The van der Waals surface area contributed by atoms with Crippen LogP contribution in [0.3, 0.4) is 0 Å². The van der Waals surface area contributed by atoms with Gasteiger partial charge >= 0.3 is 12.1 Å². The number of hydrogen-bond donors (Lipinski definition) is 0. The molecule has 0 saturated carbocycles. The molecule has 2 aromatic rings. The van der Waals surface area contributed by atoms with Crippen LogP contribution < -0.4 is 0 Å². The van der Waals surface area contributed by atoms with Crippen LogP contribution in [0.15, 0.2) is 48.5 Å². The van der Waals surface area contributed by atoms with E-state index in [0.717, 1.165) is 11.3 Å². The molecule has 1 heterocycles. The lowest BCUT2D eigenvalue weighted by Crippen LogP contribution is -2.28. The Morgan fingerprint density at radius 3 is 2.42 bits per heavy atom. The molecule has 26 heavy (non-hydrogen) atoms. The highest BCUT2D eigenvalue weighted by molar-refractivity contribution is 5.74. The van der Waals surface area contributed by atoms with Crippen LogP contribution in [-0.4, -0.2) is 22.2 Å². The zero-order valence-corrected chi connectivity index (χ0v) is 15.7. The third-order valence-corrected chi connectivity index (χ3v) is 3.51. The summed E-state index contributed by atoms with van der Waals surface area (Å²) in [5.74, 6) is -0.355. The maximum absolute atomic E-state index is 12.3. The highest BCUT2D eigenvalue weighted by Gasteiger charge is 2.21. The van der Waals surface area contributed by atoms with E-state index in [4.69, 9.17) is 9.47 Å². The number of rotatable bonds is 5. The molecule has 0 aliphatic rings. The van der Waals surface area contributed by atoms with Crippen molar-refractivity contribution in [1.29, 1.82) is 0 Å². The summed E-state index contributed by atoms with van der Waals surface area (Å²) in [6, 6.07) is 13.3. The average molecular weight is 355 g/mol. The maximum atomic E-state index is 12.3. The molecular formula is C21H25NO4. The molecule has 2 rings (SSSR count). The van der Waals surface area contributed by atoms with Crippen molar-refractivity contribution in [3.05, 3.63) is 65.5 Å². The second-order valence-electron chi connectivity index (χ2n) is 6.96. The molecule has 1 aromatic heterocycles. The first kappa shape index (κ1) is 19.5. The SMILES string of the molecule is Cc1ccc(COC(=O)C/C=C/c2ccccc2)n1C(=O)OC(C)(C)C. The van der Waals surface area contributed by atoms with Crippen molar-refractivity contribution in [2.45, 2.75) is 46.3 Å². The van der Waals surface area contributed by atoms with E-state index in [0.29, 0.717) is 5.69 Å². The number of carbonyl (C=O) groups excluding carboxylic acids is 2. The van der Waals surface area contributed by atoms with Crippen molar-refractivity contribution >= 4 is 18.1 Å². The van der Waals surface area contributed by atoms with Gasteiger partial charge in [-0.05, 0) is 45.4 Å². The van der Waals surface area contributed by atoms with E-state index in [2.05, 4.69) is 0 Å². The van der Waals surface area contributed by atoms with Gasteiger partial charge in [-0.25, -0.2) is 4.79 Å². The zero-order chi connectivity index (χ0) is 19.2. The van der Waals surface area contributed by atoms with E-state index in [1.165, 1.54) is 4.57 Å². The summed E-state index contributed by atoms with van der Waals surface area (Å²) >= 11 is 0. The Balaban J connectivity index is 1.92. The number of ether oxygens (including phenoxy) is 2. The van der Waals surface area contributed by atoms with Crippen LogP contribution >= 0.6 is 0 Å². The molecular weight excluding hydrogens is 330 g/mol. The predicted molar refractivity (Wildman–Crippen MR) is 101 cm³/mol. The lowest BCUT2D eigenvalue weighted by molar-refractivity contribution is -0.144. The molecule has 0 N–H and O–H groups in total. The normalized spacial score (nSPS) is 11.5. The van der Waals surface area contributed by atoms with Gasteiger partial charge < -0.3 is 9.47 Å². The fourth-order valence-electron chi connectivity index (χ4n) is 2.34. The second-order valence-corrected chi connectivity index (χ2v) is 6.96.